The predicted molar refractivity (Wildman–Crippen MR) is 109 cm³/mol. The van der Waals surface area contributed by atoms with Crippen LogP contribution in [0.4, 0.5) is 0 Å². The second-order valence-corrected chi connectivity index (χ2v) is 7.42. The summed E-state index contributed by atoms with van der Waals surface area (Å²) in [6.45, 7) is 0. The molecule has 0 atom stereocenters. The molecule has 0 aromatic carbocycles. The highest BCUT2D eigenvalue weighted by Gasteiger charge is 1.95. The molecule has 3 rings (SSSR count). The van der Waals surface area contributed by atoms with Gasteiger partial charge in [0.25, 0.3) is 5.96 Å². The van der Waals surface area contributed by atoms with Crippen molar-refractivity contribution in [1.29, 1.82) is 0 Å². The fraction of sp³-hybridized carbons (Fsp3) is 0. The Labute approximate surface area is 157 Å². The maximum Gasteiger partial charge on any atom is 0.257 e. The van der Waals surface area contributed by atoms with Gasteiger partial charge in [-0.25, -0.2) is 10.9 Å². The minimum atomic E-state index is 0.327. The summed E-state index contributed by atoms with van der Waals surface area (Å²) in [6.07, 6.45) is 5.11. The second kappa shape index (κ2) is 9.62. The van der Waals surface area contributed by atoms with Gasteiger partial charge in [-0.05, 0) is 34.3 Å². The Bertz CT molecular complexity index is 798. The molecular weight excluding hydrogens is 372 g/mol. The highest BCUT2D eigenvalue weighted by Crippen LogP contribution is 2.05. The van der Waals surface area contributed by atoms with Gasteiger partial charge in [0.05, 0.1) is 18.6 Å². The fourth-order valence-corrected chi connectivity index (χ4v) is 3.37. The molecule has 0 radical (unpaired) electrons. The van der Waals surface area contributed by atoms with Crippen LogP contribution >= 0.6 is 34.0 Å². The average Bonchev–Trinajstić information content (AvgIpc) is 3.38. The number of rotatable bonds is 6. The van der Waals surface area contributed by atoms with Gasteiger partial charge in [-0.1, -0.05) is 18.2 Å². The number of hydrogen-bond donors (Lipinski definition) is 2. The van der Waals surface area contributed by atoms with Gasteiger partial charge >= 0.3 is 0 Å². The van der Waals surface area contributed by atoms with Gasteiger partial charge in [0.1, 0.15) is 0 Å². The minimum absolute atomic E-state index is 0.327. The van der Waals surface area contributed by atoms with Gasteiger partial charge < -0.3 is 0 Å². The Kier molecular flexibility index (Phi) is 6.62. The van der Waals surface area contributed by atoms with Crippen LogP contribution in [-0.4, -0.2) is 24.6 Å². The molecule has 9 heteroatoms. The quantitative estimate of drug-likeness (QED) is 0.384. The molecule has 0 saturated carbocycles. The lowest BCUT2D eigenvalue weighted by Gasteiger charge is -2.01. The summed E-state index contributed by atoms with van der Waals surface area (Å²) in [4.78, 5) is 3.10. The molecule has 126 valence electrons. The first kappa shape index (κ1) is 17.2. The maximum absolute atomic E-state index is 4.15. The third-order valence-corrected chi connectivity index (χ3v) is 5.12. The topological polar surface area (TPSA) is 73.5 Å². The molecule has 0 aliphatic rings. The Morgan fingerprint density at radius 1 is 0.720 bits per heavy atom. The van der Waals surface area contributed by atoms with Crippen molar-refractivity contribution in [3.05, 3.63) is 67.2 Å². The van der Waals surface area contributed by atoms with Gasteiger partial charge in [-0.2, -0.15) is 15.3 Å². The highest BCUT2D eigenvalue weighted by molar-refractivity contribution is 7.12. The Balaban J connectivity index is 1.63. The van der Waals surface area contributed by atoms with E-state index in [0.717, 1.165) is 14.6 Å². The van der Waals surface area contributed by atoms with E-state index in [1.807, 2.05) is 52.5 Å². The largest absolute Gasteiger partial charge is 0.257 e. The first-order valence-corrected chi connectivity index (χ1v) is 9.84. The second-order valence-electron chi connectivity index (χ2n) is 4.48. The smallest absolute Gasteiger partial charge is 0.244 e. The first-order valence-electron chi connectivity index (χ1n) is 7.20. The summed E-state index contributed by atoms with van der Waals surface area (Å²) >= 11 is 4.79. The number of nitrogens with zero attached hydrogens (tertiary/aromatic N) is 4. The molecule has 0 fully saturated rings. The molecule has 0 spiro atoms. The minimum Gasteiger partial charge on any atom is -0.244 e. The van der Waals surface area contributed by atoms with E-state index in [1.54, 1.807) is 52.7 Å². The van der Waals surface area contributed by atoms with Gasteiger partial charge in [0.2, 0.25) is 0 Å². The Morgan fingerprint density at radius 3 is 1.64 bits per heavy atom. The third kappa shape index (κ3) is 6.07. The summed E-state index contributed by atoms with van der Waals surface area (Å²) in [5, 5.41) is 22.4. The van der Waals surface area contributed by atoms with Gasteiger partial charge in [0, 0.05) is 14.6 Å². The van der Waals surface area contributed by atoms with E-state index < -0.39 is 0 Å². The number of nitrogens with one attached hydrogen (secondary N) is 2. The van der Waals surface area contributed by atoms with Crippen molar-refractivity contribution in [3.8, 4) is 0 Å². The zero-order valence-electron chi connectivity index (χ0n) is 12.9. The Morgan fingerprint density at radius 2 is 1.20 bits per heavy atom. The van der Waals surface area contributed by atoms with Crippen LogP contribution in [0, 0.1) is 0 Å². The van der Waals surface area contributed by atoms with Gasteiger partial charge in [0.15, 0.2) is 0 Å². The van der Waals surface area contributed by atoms with Crippen LogP contribution in [0.15, 0.2) is 72.9 Å². The first-order chi connectivity index (χ1) is 12.4. The zero-order valence-corrected chi connectivity index (χ0v) is 15.4. The molecule has 0 bridgehead atoms. The standard InChI is InChI=1S/C16H14N6S3/c1-4-13(23-7-1)10-17-20-16(21-18-11-14-5-2-8-24-14)22-19-12-15-6-3-9-25-15/h1-12H,(H2,20,21,22)/b17-10+,18-11?,19-12?. The van der Waals surface area contributed by atoms with E-state index in [4.69, 9.17) is 0 Å². The predicted octanol–water partition coefficient (Wildman–Crippen LogP) is 3.81. The number of thiophene rings is 3. The van der Waals surface area contributed by atoms with E-state index in [0.29, 0.717) is 5.96 Å². The van der Waals surface area contributed by atoms with Crippen molar-refractivity contribution in [2.75, 3.05) is 0 Å². The molecule has 3 aromatic rings. The number of hydrazone groups is 2. The lowest BCUT2D eigenvalue weighted by atomic mass is 10.5. The van der Waals surface area contributed by atoms with Crippen LogP contribution < -0.4 is 10.9 Å². The summed E-state index contributed by atoms with van der Waals surface area (Å²) < 4.78 is 0. The lowest BCUT2D eigenvalue weighted by Crippen LogP contribution is -2.30. The van der Waals surface area contributed by atoms with Crippen molar-refractivity contribution < 1.29 is 0 Å². The molecule has 6 nitrogen and oxygen atoms in total. The van der Waals surface area contributed by atoms with Gasteiger partial charge in [-0.3, -0.25) is 0 Å². The molecular formula is C16H14N6S3. The summed E-state index contributed by atoms with van der Waals surface area (Å²) in [6, 6.07) is 11.8. The van der Waals surface area contributed by atoms with E-state index in [1.165, 1.54) is 0 Å². The van der Waals surface area contributed by atoms with Crippen LogP contribution in [0.1, 0.15) is 14.6 Å². The molecule has 0 aliphatic heterocycles. The lowest BCUT2D eigenvalue weighted by molar-refractivity contribution is 0.891. The van der Waals surface area contributed by atoms with Crippen molar-refractivity contribution >= 4 is 58.6 Å². The van der Waals surface area contributed by atoms with Crippen molar-refractivity contribution in [2.45, 2.75) is 0 Å². The summed E-state index contributed by atoms with van der Waals surface area (Å²) in [5.74, 6) is 0.327. The van der Waals surface area contributed by atoms with Crippen LogP contribution in [0.25, 0.3) is 0 Å². The van der Waals surface area contributed by atoms with Crippen LogP contribution in [0.2, 0.25) is 0 Å². The third-order valence-electron chi connectivity index (χ3n) is 2.70. The molecule has 0 amide bonds. The molecule has 0 saturated heterocycles. The molecule has 2 N–H and O–H groups in total. The summed E-state index contributed by atoms with van der Waals surface area (Å²) in [7, 11) is 0. The molecule has 0 unspecified atom stereocenters. The zero-order chi connectivity index (χ0) is 17.2. The van der Waals surface area contributed by atoms with Crippen molar-refractivity contribution in [1.82, 2.24) is 10.9 Å². The summed E-state index contributed by atoms with van der Waals surface area (Å²) in [5.41, 5.74) is 5.63. The van der Waals surface area contributed by atoms with Crippen molar-refractivity contribution in [3.63, 3.8) is 0 Å². The van der Waals surface area contributed by atoms with Crippen molar-refractivity contribution in [2.24, 2.45) is 20.4 Å². The highest BCUT2D eigenvalue weighted by atomic mass is 32.1. The molecule has 3 heterocycles. The molecule has 3 aromatic heterocycles. The van der Waals surface area contributed by atoms with E-state index in [-0.39, 0.29) is 0 Å². The SMILES string of the molecule is C(=NN=C(NN=Cc1cccs1)N/N=C/c1cccs1)c1cccs1. The fourth-order valence-electron chi connectivity index (χ4n) is 1.62. The van der Waals surface area contributed by atoms with E-state index in [2.05, 4.69) is 31.3 Å². The van der Waals surface area contributed by atoms with Crippen LogP contribution in [-0.2, 0) is 0 Å². The maximum atomic E-state index is 4.15. The molecule has 25 heavy (non-hydrogen) atoms. The van der Waals surface area contributed by atoms with Crippen LogP contribution in [0.5, 0.6) is 0 Å². The van der Waals surface area contributed by atoms with E-state index >= 15 is 0 Å². The number of guanidine groups is 1. The normalized spacial score (nSPS) is 12.6. The van der Waals surface area contributed by atoms with Gasteiger partial charge in [-0.15, -0.1) is 39.1 Å². The van der Waals surface area contributed by atoms with E-state index in [9.17, 15) is 0 Å². The Hall–Kier alpha value is -2.62. The average molecular weight is 387 g/mol. The monoisotopic (exact) mass is 386 g/mol. The number of hydrogen-bond acceptors (Lipinski definition) is 7. The van der Waals surface area contributed by atoms with Crippen LogP contribution in [0.3, 0.4) is 0 Å². The molecule has 0 aliphatic carbocycles.